The van der Waals surface area contributed by atoms with Crippen LogP contribution in [0.25, 0.3) is 0 Å². The molecule has 1 heterocycles. The van der Waals surface area contributed by atoms with E-state index in [1.807, 2.05) is 24.3 Å². The molecule has 2 rings (SSSR count). The maximum atomic E-state index is 11.9. The van der Waals surface area contributed by atoms with E-state index in [9.17, 15) is 9.90 Å². The van der Waals surface area contributed by atoms with Crippen molar-refractivity contribution in [3.05, 3.63) is 34.9 Å². The van der Waals surface area contributed by atoms with Crippen molar-refractivity contribution in [3.8, 4) is 0 Å². The van der Waals surface area contributed by atoms with Gasteiger partial charge in [-0.25, -0.2) is 0 Å². The monoisotopic (exact) mass is 338 g/mol. The largest absolute Gasteiger partial charge is 0.390 e. The second-order valence-electron chi connectivity index (χ2n) is 6.53. The predicted molar refractivity (Wildman–Crippen MR) is 93.6 cm³/mol. The fourth-order valence-electron chi connectivity index (χ4n) is 2.88. The highest BCUT2D eigenvalue weighted by atomic mass is 35.5. The number of β-amino-alcohol motifs (C(OH)–C–C–N with tert-alkyl or cyclic N) is 1. The van der Waals surface area contributed by atoms with E-state index in [0.717, 1.165) is 24.6 Å². The molecule has 0 aromatic heterocycles. The molecule has 0 saturated carbocycles. The molecule has 5 heteroatoms. The van der Waals surface area contributed by atoms with E-state index in [2.05, 4.69) is 17.1 Å². The Hall–Kier alpha value is -1.10. The van der Waals surface area contributed by atoms with Gasteiger partial charge in [0, 0.05) is 24.5 Å². The second kappa shape index (κ2) is 9.26. The number of piperidine rings is 1. The lowest BCUT2D eigenvalue weighted by molar-refractivity contribution is -0.121. The summed E-state index contributed by atoms with van der Waals surface area (Å²) >= 11 is 6.08. The topological polar surface area (TPSA) is 52.6 Å². The van der Waals surface area contributed by atoms with Crippen molar-refractivity contribution < 1.29 is 9.90 Å². The smallest absolute Gasteiger partial charge is 0.220 e. The minimum absolute atomic E-state index is 0.0452. The number of aryl methyl sites for hydroxylation is 1. The highest BCUT2D eigenvalue weighted by molar-refractivity contribution is 6.31. The lowest BCUT2D eigenvalue weighted by atomic mass is 9.99. The van der Waals surface area contributed by atoms with Crippen LogP contribution in [-0.4, -0.2) is 48.2 Å². The number of nitrogens with one attached hydrogen (secondary N) is 1. The fraction of sp³-hybridized carbons (Fsp3) is 0.611. The standard InChI is InChI=1S/C18H27ClN2O2/c1-14-8-10-21(11-9-14)13-16(22)12-20-18(23)7-6-15-4-2-3-5-17(15)19/h2-5,14,16,22H,6-13H2,1H3,(H,20,23). The highest BCUT2D eigenvalue weighted by Crippen LogP contribution is 2.17. The van der Waals surface area contributed by atoms with Crippen LogP contribution >= 0.6 is 11.6 Å². The minimum Gasteiger partial charge on any atom is -0.390 e. The van der Waals surface area contributed by atoms with Crippen LogP contribution in [-0.2, 0) is 11.2 Å². The third-order valence-corrected chi connectivity index (χ3v) is 4.83. The van der Waals surface area contributed by atoms with Gasteiger partial charge in [0.2, 0.25) is 5.91 Å². The van der Waals surface area contributed by atoms with E-state index in [1.165, 1.54) is 12.8 Å². The molecule has 1 aliphatic rings. The normalized spacial score (nSPS) is 17.9. The van der Waals surface area contributed by atoms with Crippen LogP contribution in [0.4, 0.5) is 0 Å². The van der Waals surface area contributed by atoms with Crippen LogP contribution in [0.2, 0.25) is 5.02 Å². The molecule has 4 nitrogen and oxygen atoms in total. The van der Waals surface area contributed by atoms with Crippen LogP contribution < -0.4 is 5.32 Å². The van der Waals surface area contributed by atoms with E-state index in [0.29, 0.717) is 31.0 Å². The summed E-state index contributed by atoms with van der Waals surface area (Å²) in [4.78, 5) is 14.2. The molecule has 0 radical (unpaired) electrons. The van der Waals surface area contributed by atoms with Crippen molar-refractivity contribution in [2.75, 3.05) is 26.2 Å². The highest BCUT2D eigenvalue weighted by Gasteiger charge is 2.18. The molecule has 1 amide bonds. The number of hydrogen-bond acceptors (Lipinski definition) is 3. The van der Waals surface area contributed by atoms with Crippen LogP contribution in [0.1, 0.15) is 31.7 Å². The van der Waals surface area contributed by atoms with Gasteiger partial charge in [0.1, 0.15) is 0 Å². The zero-order valence-corrected chi connectivity index (χ0v) is 14.6. The Labute approximate surface area is 143 Å². The summed E-state index contributed by atoms with van der Waals surface area (Å²) in [5.74, 6) is 0.740. The molecule has 1 saturated heterocycles. The van der Waals surface area contributed by atoms with E-state index < -0.39 is 6.10 Å². The number of aliphatic hydroxyl groups is 1. The van der Waals surface area contributed by atoms with Gasteiger partial charge < -0.3 is 15.3 Å². The Kier molecular flexibility index (Phi) is 7.34. The molecular weight excluding hydrogens is 312 g/mol. The van der Waals surface area contributed by atoms with Crippen molar-refractivity contribution in [3.63, 3.8) is 0 Å². The summed E-state index contributed by atoms with van der Waals surface area (Å²) in [6.45, 7) is 5.30. The molecule has 2 N–H and O–H groups in total. The molecular formula is C18H27ClN2O2. The number of carbonyl (C=O) groups is 1. The second-order valence-corrected chi connectivity index (χ2v) is 6.94. The quantitative estimate of drug-likeness (QED) is 0.803. The molecule has 0 aliphatic carbocycles. The van der Waals surface area contributed by atoms with Gasteiger partial charge in [0.05, 0.1) is 6.10 Å². The van der Waals surface area contributed by atoms with Gasteiger partial charge in [-0.05, 0) is 49.9 Å². The van der Waals surface area contributed by atoms with Gasteiger partial charge >= 0.3 is 0 Å². The Morgan fingerprint density at radius 2 is 2.09 bits per heavy atom. The number of amides is 1. The number of aliphatic hydroxyl groups excluding tert-OH is 1. The number of carbonyl (C=O) groups excluding carboxylic acids is 1. The van der Waals surface area contributed by atoms with E-state index in [-0.39, 0.29) is 5.91 Å². The predicted octanol–water partition coefficient (Wildman–Crippen LogP) is 2.48. The molecule has 1 unspecified atom stereocenters. The van der Waals surface area contributed by atoms with Gasteiger partial charge in [-0.1, -0.05) is 36.7 Å². The maximum Gasteiger partial charge on any atom is 0.220 e. The van der Waals surface area contributed by atoms with Gasteiger partial charge in [-0.2, -0.15) is 0 Å². The van der Waals surface area contributed by atoms with Crippen molar-refractivity contribution in [1.82, 2.24) is 10.2 Å². The Morgan fingerprint density at radius 1 is 1.39 bits per heavy atom. The van der Waals surface area contributed by atoms with E-state index in [4.69, 9.17) is 11.6 Å². The Balaban J connectivity index is 1.63. The number of rotatable bonds is 7. The molecule has 1 aromatic rings. The summed E-state index contributed by atoms with van der Waals surface area (Å²) in [6, 6.07) is 7.56. The molecule has 1 aliphatic heterocycles. The van der Waals surface area contributed by atoms with E-state index >= 15 is 0 Å². The van der Waals surface area contributed by atoms with E-state index in [1.54, 1.807) is 0 Å². The molecule has 0 spiro atoms. The zero-order chi connectivity index (χ0) is 16.7. The fourth-order valence-corrected chi connectivity index (χ4v) is 3.11. The number of hydrogen-bond donors (Lipinski definition) is 2. The summed E-state index contributed by atoms with van der Waals surface area (Å²) < 4.78 is 0. The first-order valence-corrected chi connectivity index (χ1v) is 8.83. The first-order chi connectivity index (χ1) is 11.0. The van der Waals surface area contributed by atoms with Gasteiger partial charge in [0.25, 0.3) is 0 Å². The average molecular weight is 339 g/mol. The SMILES string of the molecule is CC1CCN(CC(O)CNC(=O)CCc2ccccc2Cl)CC1. The van der Waals surface area contributed by atoms with Gasteiger partial charge in [-0.3, -0.25) is 4.79 Å². The molecule has 1 fully saturated rings. The van der Waals surface area contributed by atoms with Gasteiger partial charge in [0.15, 0.2) is 0 Å². The first kappa shape index (κ1) is 18.2. The summed E-state index contributed by atoms with van der Waals surface area (Å²) in [5, 5.41) is 13.6. The number of benzene rings is 1. The average Bonchev–Trinajstić information content (AvgIpc) is 2.54. The lowest BCUT2D eigenvalue weighted by Crippen LogP contribution is -2.43. The lowest BCUT2D eigenvalue weighted by Gasteiger charge is -2.31. The summed E-state index contributed by atoms with van der Waals surface area (Å²) in [7, 11) is 0. The molecule has 1 aromatic carbocycles. The molecule has 0 bridgehead atoms. The zero-order valence-electron chi connectivity index (χ0n) is 13.8. The van der Waals surface area contributed by atoms with Crippen LogP contribution in [0.15, 0.2) is 24.3 Å². The van der Waals surface area contributed by atoms with Gasteiger partial charge in [-0.15, -0.1) is 0 Å². The summed E-state index contributed by atoms with van der Waals surface area (Å²) in [5.41, 5.74) is 0.979. The van der Waals surface area contributed by atoms with Crippen molar-refractivity contribution >= 4 is 17.5 Å². The Bertz CT molecular complexity index is 502. The van der Waals surface area contributed by atoms with Crippen LogP contribution in [0.5, 0.6) is 0 Å². The third kappa shape index (κ3) is 6.50. The maximum absolute atomic E-state index is 11.9. The number of halogens is 1. The van der Waals surface area contributed by atoms with Crippen molar-refractivity contribution in [2.24, 2.45) is 5.92 Å². The van der Waals surface area contributed by atoms with Crippen LogP contribution in [0.3, 0.4) is 0 Å². The van der Waals surface area contributed by atoms with Crippen LogP contribution in [0, 0.1) is 5.92 Å². The molecule has 23 heavy (non-hydrogen) atoms. The number of nitrogens with zero attached hydrogens (tertiary/aromatic N) is 1. The third-order valence-electron chi connectivity index (χ3n) is 4.46. The minimum atomic E-state index is -0.507. The molecule has 1 atom stereocenters. The van der Waals surface area contributed by atoms with Crippen molar-refractivity contribution in [1.29, 1.82) is 0 Å². The number of likely N-dealkylation sites (tertiary alicyclic amines) is 1. The summed E-state index contributed by atoms with van der Waals surface area (Å²) in [6.07, 6.45) is 2.88. The Morgan fingerprint density at radius 3 is 2.78 bits per heavy atom. The van der Waals surface area contributed by atoms with Crippen molar-refractivity contribution in [2.45, 2.75) is 38.7 Å². The first-order valence-electron chi connectivity index (χ1n) is 8.45. The molecule has 128 valence electrons.